The lowest BCUT2D eigenvalue weighted by Crippen LogP contribution is -2.31. The maximum Gasteiger partial charge on any atom is 0.276 e. The Labute approximate surface area is 168 Å². The van der Waals surface area contributed by atoms with Gasteiger partial charge in [0, 0.05) is 17.4 Å². The average Bonchev–Trinajstić information content (AvgIpc) is 2.68. The van der Waals surface area contributed by atoms with Crippen molar-refractivity contribution >= 4 is 23.2 Å². The summed E-state index contributed by atoms with van der Waals surface area (Å²) in [4.78, 5) is 36.9. The van der Waals surface area contributed by atoms with E-state index < -0.39 is 17.4 Å². The highest BCUT2D eigenvalue weighted by atomic mass is 16.2. The number of rotatable bonds is 5. The molecule has 0 spiro atoms. The van der Waals surface area contributed by atoms with Crippen molar-refractivity contribution in [2.75, 3.05) is 10.6 Å². The molecule has 2 aromatic carbocycles. The van der Waals surface area contributed by atoms with E-state index in [-0.39, 0.29) is 12.2 Å². The van der Waals surface area contributed by atoms with Gasteiger partial charge in [0.15, 0.2) is 0 Å². The van der Waals surface area contributed by atoms with Crippen molar-refractivity contribution in [3.8, 4) is 0 Å². The van der Waals surface area contributed by atoms with Crippen LogP contribution >= 0.6 is 0 Å². The molecule has 0 aliphatic rings. The average molecular weight is 390 g/mol. The molecule has 0 saturated heterocycles. The van der Waals surface area contributed by atoms with Crippen molar-refractivity contribution in [2.45, 2.75) is 27.3 Å². The molecule has 0 radical (unpaired) electrons. The van der Waals surface area contributed by atoms with E-state index >= 15 is 0 Å². The monoisotopic (exact) mass is 390 g/mol. The number of anilines is 2. The minimum Gasteiger partial charge on any atom is -0.324 e. The summed E-state index contributed by atoms with van der Waals surface area (Å²) in [5, 5.41) is 9.54. The first-order valence-electron chi connectivity index (χ1n) is 9.15. The number of nitrogens with zero attached hydrogens (tertiary/aromatic N) is 2. The summed E-state index contributed by atoms with van der Waals surface area (Å²) < 4.78 is 0.977. The molecule has 2 amide bonds. The molecule has 29 heavy (non-hydrogen) atoms. The van der Waals surface area contributed by atoms with Crippen LogP contribution in [0.4, 0.5) is 11.4 Å². The Bertz CT molecular complexity index is 1120. The van der Waals surface area contributed by atoms with E-state index in [1.54, 1.807) is 12.1 Å². The molecule has 0 bridgehead atoms. The van der Waals surface area contributed by atoms with Crippen molar-refractivity contribution < 1.29 is 9.59 Å². The summed E-state index contributed by atoms with van der Waals surface area (Å²) >= 11 is 0. The predicted octanol–water partition coefficient (Wildman–Crippen LogP) is 3.06. The molecule has 0 aliphatic heterocycles. The van der Waals surface area contributed by atoms with Gasteiger partial charge in [-0.1, -0.05) is 29.8 Å². The molecule has 7 nitrogen and oxygen atoms in total. The maximum absolute atomic E-state index is 12.4. The van der Waals surface area contributed by atoms with Gasteiger partial charge in [-0.05, 0) is 56.2 Å². The van der Waals surface area contributed by atoms with E-state index in [9.17, 15) is 14.4 Å². The lowest BCUT2D eigenvalue weighted by Gasteiger charge is -2.11. The third-order valence-corrected chi connectivity index (χ3v) is 4.37. The second-order valence-electron chi connectivity index (χ2n) is 6.90. The lowest BCUT2D eigenvalue weighted by molar-refractivity contribution is -0.117. The highest BCUT2D eigenvalue weighted by Gasteiger charge is 2.13. The molecule has 0 fully saturated rings. The summed E-state index contributed by atoms with van der Waals surface area (Å²) in [6, 6.07) is 15.6. The van der Waals surface area contributed by atoms with E-state index in [1.807, 2.05) is 51.1 Å². The number of benzene rings is 2. The summed E-state index contributed by atoms with van der Waals surface area (Å²) in [6.07, 6.45) is 0. The molecule has 7 heteroatoms. The minimum absolute atomic E-state index is 0.0460. The Hall–Kier alpha value is -3.74. The van der Waals surface area contributed by atoms with Crippen LogP contribution in [0.25, 0.3) is 0 Å². The minimum atomic E-state index is -0.465. The summed E-state index contributed by atoms with van der Waals surface area (Å²) in [6.45, 7) is 5.47. The molecule has 0 aliphatic carbocycles. The number of aromatic nitrogens is 2. The van der Waals surface area contributed by atoms with Gasteiger partial charge in [0.1, 0.15) is 12.2 Å². The molecule has 3 aromatic rings. The predicted molar refractivity (Wildman–Crippen MR) is 112 cm³/mol. The molecule has 3 rings (SSSR count). The van der Waals surface area contributed by atoms with Crippen molar-refractivity contribution in [3.63, 3.8) is 0 Å². The summed E-state index contributed by atoms with van der Waals surface area (Å²) in [5.74, 6) is -0.859. The highest BCUT2D eigenvalue weighted by molar-refractivity contribution is 6.02. The van der Waals surface area contributed by atoms with Gasteiger partial charge in [0.05, 0.1) is 0 Å². The van der Waals surface area contributed by atoms with Crippen molar-refractivity contribution in [1.29, 1.82) is 0 Å². The van der Waals surface area contributed by atoms with Gasteiger partial charge in [0.25, 0.3) is 11.5 Å². The lowest BCUT2D eigenvalue weighted by atomic mass is 10.1. The summed E-state index contributed by atoms with van der Waals surface area (Å²) in [5.41, 5.74) is 3.87. The first-order chi connectivity index (χ1) is 13.8. The molecule has 1 aromatic heterocycles. The molecule has 1 heterocycles. The number of aryl methyl sites for hydroxylation is 3. The van der Waals surface area contributed by atoms with Crippen molar-refractivity contribution in [1.82, 2.24) is 9.78 Å². The SMILES string of the molecule is Cc1ccc(NC(=O)c2ccc(=O)n(CC(=O)Nc3cc(C)ccc3C)n2)cc1. The highest BCUT2D eigenvalue weighted by Crippen LogP contribution is 2.16. The molecular formula is C22H22N4O3. The third-order valence-electron chi connectivity index (χ3n) is 4.37. The van der Waals surface area contributed by atoms with Gasteiger partial charge < -0.3 is 10.6 Å². The Morgan fingerprint density at radius 3 is 2.31 bits per heavy atom. The number of carbonyl (C=O) groups excluding carboxylic acids is 2. The quantitative estimate of drug-likeness (QED) is 0.700. The van der Waals surface area contributed by atoms with Crippen molar-refractivity contribution in [3.05, 3.63) is 87.3 Å². The largest absolute Gasteiger partial charge is 0.324 e. The van der Waals surface area contributed by atoms with E-state index in [1.165, 1.54) is 12.1 Å². The number of hydrogen-bond acceptors (Lipinski definition) is 4. The first-order valence-corrected chi connectivity index (χ1v) is 9.15. The fraction of sp³-hybridized carbons (Fsp3) is 0.182. The second-order valence-corrected chi connectivity index (χ2v) is 6.90. The molecule has 148 valence electrons. The number of amides is 2. The van der Waals surface area contributed by atoms with Crippen LogP contribution in [0.15, 0.2) is 59.4 Å². The Morgan fingerprint density at radius 1 is 0.897 bits per heavy atom. The number of hydrogen-bond donors (Lipinski definition) is 2. The molecular weight excluding hydrogens is 368 g/mol. The molecule has 0 atom stereocenters. The normalized spacial score (nSPS) is 10.4. The Balaban J connectivity index is 1.73. The van der Waals surface area contributed by atoms with Gasteiger partial charge in [-0.15, -0.1) is 0 Å². The van der Waals surface area contributed by atoms with Crippen LogP contribution in [-0.2, 0) is 11.3 Å². The first kappa shape index (κ1) is 20.0. The van der Waals surface area contributed by atoms with Crippen LogP contribution in [0.5, 0.6) is 0 Å². The van der Waals surface area contributed by atoms with Gasteiger partial charge in [0.2, 0.25) is 5.91 Å². The van der Waals surface area contributed by atoms with Crippen LogP contribution in [0.3, 0.4) is 0 Å². The standard InChI is InChI=1S/C22H22N4O3/c1-14-5-8-17(9-6-14)23-22(29)18-10-11-21(28)26(25-18)13-20(27)24-19-12-15(2)4-7-16(19)3/h4-12H,13H2,1-3H3,(H,23,29)(H,24,27). The molecule has 0 saturated carbocycles. The topological polar surface area (TPSA) is 93.1 Å². The van der Waals surface area contributed by atoms with Crippen LogP contribution in [0, 0.1) is 20.8 Å². The fourth-order valence-electron chi connectivity index (χ4n) is 2.71. The maximum atomic E-state index is 12.4. The van der Waals surface area contributed by atoms with Crippen LogP contribution < -0.4 is 16.2 Å². The van der Waals surface area contributed by atoms with Gasteiger partial charge >= 0.3 is 0 Å². The smallest absolute Gasteiger partial charge is 0.276 e. The molecule has 2 N–H and O–H groups in total. The number of nitrogens with one attached hydrogen (secondary N) is 2. The van der Waals surface area contributed by atoms with E-state index in [0.717, 1.165) is 21.4 Å². The van der Waals surface area contributed by atoms with Gasteiger partial charge in [-0.3, -0.25) is 14.4 Å². The van der Waals surface area contributed by atoms with Crippen LogP contribution in [0.2, 0.25) is 0 Å². The number of carbonyl (C=O) groups is 2. The third kappa shape index (κ3) is 5.16. The Morgan fingerprint density at radius 2 is 1.59 bits per heavy atom. The second kappa shape index (κ2) is 8.52. The van der Waals surface area contributed by atoms with Crippen molar-refractivity contribution in [2.24, 2.45) is 0 Å². The van der Waals surface area contributed by atoms with Gasteiger partial charge in [-0.2, -0.15) is 5.10 Å². The van der Waals surface area contributed by atoms with E-state index in [2.05, 4.69) is 15.7 Å². The van der Waals surface area contributed by atoms with E-state index in [0.29, 0.717) is 11.4 Å². The van der Waals surface area contributed by atoms with Crippen LogP contribution in [-0.4, -0.2) is 21.6 Å². The Kier molecular flexibility index (Phi) is 5.87. The zero-order valence-electron chi connectivity index (χ0n) is 16.5. The van der Waals surface area contributed by atoms with Gasteiger partial charge in [-0.25, -0.2) is 4.68 Å². The van der Waals surface area contributed by atoms with E-state index in [4.69, 9.17) is 0 Å². The summed E-state index contributed by atoms with van der Waals surface area (Å²) in [7, 11) is 0. The van der Waals surface area contributed by atoms with Crippen LogP contribution in [0.1, 0.15) is 27.2 Å². The molecule has 0 unspecified atom stereocenters. The zero-order chi connectivity index (χ0) is 21.0. The zero-order valence-corrected chi connectivity index (χ0v) is 16.5. The fourth-order valence-corrected chi connectivity index (χ4v) is 2.71.